The zero-order valence-corrected chi connectivity index (χ0v) is 12.3. The monoisotopic (exact) mass is 325 g/mol. The van der Waals surface area contributed by atoms with E-state index in [4.69, 9.17) is 22.1 Å². The average Bonchev–Trinajstić information content (AvgIpc) is 2.33. The number of benzene rings is 2. The van der Waals surface area contributed by atoms with Crippen molar-refractivity contribution in [3.8, 4) is 11.5 Å². The van der Waals surface area contributed by atoms with Crippen molar-refractivity contribution in [2.45, 2.75) is 13.5 Å². The molecule has 0 heterocycles. The second-order valence-electron chi connectivity index (χ2n) is 3.99. The molecule has 2 aromatic rings. The molecule has 0 amide bonds. The SMILES string of the molecule is Cc1ccc(Oc2ccc(CN)c(Cl)c2)c(Br)c1. The lowest BCUT2D eigenvalue weighted by Gasteiger charge is -2.10. The van der Waals surface area contributed by atoms with Crippen molar-refractivity contribution < 1.29 is 4.74 Å². The van der Waals surface area contributed by atoms with Crippen LogP contribution >= 0.6 is 27.5 Å². The fraction of sp³-hybridized carbons (Fsp3) is 0.143. The minimum absolute atomic E-state index is 0.424. The summed E-state index contributed by atoms with van der Waals surface area (Å²) in [5.41, 5.74) is 7.64. The van der Waals surface area contributed by atoms with Crippen LogP contribution in [0.25, 0.3) is 0 Å². The molecule has 0 radical (unpaired) electrons. The van der Waals surface area contributed by atoms with E-state index in [9.17, 15) is 0 Å². The van der Waals surface area contributed by atoms with Gasteiger partial charge in [0.05, 0.1) is 4.47 Å². The quantitative estimate of drug-likeness (QED) is 0.890. The Morgan fingerprint density at radius 2 is 2.00 bits per heavy atom. The molecule has 0 aliphatic carbocycles. The Morgan fingerprint density at radius 1 is 1.22 bits per heavy atom. The maximum atomic E-state index is 6.09. The number of rotatable bonds is 3. The van der Waals surface area contributed by atoms with Crippen molar-refractivity contribution in [1.29, 1.82) is 0 Å². The van der Waals surface area contributed by atoms with Gasteiger partial charge in [-0.2, -0.15) is 0 Å². The van der Waals surface area contributed by atoms with E-state index >= 15 is 0 Å². The van der Waals surface area contributed by atoms with E-state index in [1.807, 2.05) is 37.3 Å². The van der Waals surface area contributed by atoms with Crippen LogP contribution in [0.1, 0.15) is 11.1 Å². The van der Waals surface area contributed by atoms with Gasteiger partial charge in [-0.3, -0.25) is 0 Å². The lowest BCUT2D eigenvalue weighted by Crippen LogP contribution is -1.97. The molecule has 18 heavy (non-hydrogen) atoms. The Hall–Kier alpha value is -1.03. The van der Waals surface area contributed by atoms with Gasteiger partial charge in [0.15, 0.2) is 0 Å². The number of hydrogen-bond acceptors (Lipinski definition) is 2. The first-order valence-electron chi connectivity index (χ1n) is 5.52. The minimum Gasteiger partial charge on any atom is -0.456 e. The highest BCUT2D eigenvalue weighted by atomic mass is 79.9. The van der Waals surface area contributed by atoms with Crippen molar-refractivity contribution in [3.63, 3.8) is 0 Å². The van der Waals surface area contributed by atoms with Crippen LogP contribution in [0.3, 0.4) is 0 Å². The molecule has 2 nitrogen and oxygen atoms in total. The number of halogens is 2. The van der Waals surface area contributed by atoms with E-state index in [2.05, 4.69) is 15.9 Å². The molecule has 2 aromatic carbocycles. The minimum atomic E-state index is 0.424. The second kappa shape index (κ2) is 5.74. The van der Waals surface area contributed by atoms with Gasteiger partial charge < -0.3 is 10.5 Å². The van der Waals surface area contributed by atoms with Crippen LogP contribution in [0.2, 0.25) is 5.02 Å². The summed E-state index contributed by atoms with van der Waals surface area (Å²) >= 11 is 9.56. The van der Waals surface area contributed by atoms with Gasteiger partial charge in [0, 0.05) is 11.6 Å². The number of aryl methyl sites for hydroxylation is 1. The Kier molecular flexibility index (Phi) is 4.27. The highest BCUT2D eigenvalue weighted by molar-refractivity contribution is 9.10. The Labute approximate surface area is 120 Å². The van der Waals surface area contributed by atoms with E-state index in [1.54, 1.807) is 6.07 Å². The first-order chi connectivity index (χ1) is 8.60. The van der Waals surface area contributed by atoms with Gasteiger partial charge in [-0.1, -0.05) is 23.7 Å². The van der Waals surface area contributed by atoms with Gasteiger partial charge in [0.1, 0.15) is 11.5 Å². The molecule has 0 saturated heterocycles. The zero-order chi connectivity index (χ0) is 13.1. The summed E-state index contributed by atoms with van der Waals surface area (Å²) < 4.78 is 6.69. The normalized spacial score (nSPS) is 10.4. The second-order valence-corrected chi connectivity index (χ2v) is 5.25. The van der Waals surface area contributed by atoms with E-state index < -0.39 is 0 Å². The van der Waals surface area contributed by atoms with Crippen molar-refractivity contribution in [3.05, 3.63) is 57.0 Å². The first kappa shape index (κ1) is 13.4. The summed E-state index contributed by atoms with van der Waals surface area (Å²) in [5.74, 6) is 1.46. The van der Waals surface area contributed by atoms with Gasteiger partial charge in [-0.25, -0.2) is 0 Å². The maximum Gasteiger partial charge on any atom is 0.141 e. The molecular weight excluding hydrogens is 314 g/mol. The molecular formula is C14H13BrClNO. The summed E-state index contributed by atoms with van der Waals surface area (Å²) in [6, 6.07) is 11.4. The molecule has 0 atom stereocenters. The molecule has 94 valence electrons. The lowest BCUT2D eigenvalue weighted by molar-refractivity contribution is 0.479. The molecule has 0 unspecified atom stereocenters. The maximum absolute atomic E-state index is 6.09. The largest absolute Gasteiger partial charge is 0.456 e. The van der Waals surface area contributed by atoms with Gasteiger partial charge in [-0.15, -0.1) is 0 Å². The van der Waals surface area contributed by atoms with Gasteiger partial charge in [0.25, 0.3) is 0 Å². The van der Waals surface area contributed by atoms with E-state index in [0.717, 1.165) is 15.8 Å². The van der Waals surface area contributed by atoms with Crippen LogP contribution in [0.5, 0.6) is 11.5 Å². The van der Waals surface area contributed by atoms with Crippen LogP contribution in [0, 0.1) is 6.92 Å². The molecule has 0 aliphatic heterocycles. The number of ether oxygens (including phenoxy) is 1. The van der Waals surface area contributed by atoms with Crippen LogP contribution < -0.4 is 10.5 Å². The average molecular weight is 327 g/mol. The molecule has 0 aliphatic rings. The predicted molar refractivity (Wildman–Crippen MR) is 78.3 cm³/mol. The van der Waals surface area contributed by atoms with Crippen molar-refractivity contribution in [1.82, 2.24) is 0 Å². The van der Waals surface area contributed by atoms with Crippen LogP contribution in [-0.2, 0) is 6.54 Å². The zero-order valence-electron chi connectivity index (χ0n) is 9.91. The van der Waals surface area contributed by atoms with Crippen LogP contribution in [0.4, 0.5) is 0 Å². The number of hydrogen-bond donors (Lipinski definition) is 1. The third kappa shape index (κ3) is 3.05. The molecule has 0 saturated carbocycles. The molecule has 0 bridgehead atoms. The summed E-state index contributed by atoms with van der Waals surface area (Å²) in [5, 5.41) is 0.623. The molecule has 2 N–H and O–H groups in total. The van der Waals surface area contributed by atoms with E-state index in [-0.39, 0.29) is 0 Å². The Balaban J connectivity index is 2.26. The van der Waals surface area contributed by atoms with Crippen molar-refractivity contribution >= 4 is 27.5 Å². The number of nitrogens with two attached hydrogens (primary N) is 1. The van der Waals surface area contributed by atoms with Gasteiger partial charge >= 0.3 is 0 Å². The lowest BCUT2D eigenvalue weighted by atomic mass is 10.2. The summed E-state index contributed by atoms with van der Waals surface area (Å²) in [6.07, 6.45) is 0. The molecule has 2 rings (SSSR count). The van der Waals surface area contributed by atoms with Crippen LogP contribution in [0.15, 0.2) is 40.9 Å². The van der Waals surface area contributed by atoms with Crippen molar-refractivity contribution in [2.75, 3.05) is 0 Å². The van der Waals surface area contributed by atoms with Crippen LogP contribution in [-0.4, -0.2) is 0 Å². The van der Waals surface area contributed by atoms with Crippen molar-refractivity contribution in [2.24, 2.45) is 5.73 Å². The molecule has 0 fully saturated rings. The third-order valence-electron chi connectivity index (χ3n) is 2.56. The molecule has 0 aromatic heterocycles. The van der Waals surface area contributed by atoms with E-state index in [0.29, 0.717) is 17.3 Å². The molecule has 4 heteroatoms. The third-order valence-corrected chi connectivity index (χ3v) is 3.53. The van der Waals surface area contributed by atoms with Gasteiger partial charge in [0.2, 0.25) is 0 Å². The fourth-order valence-electron chi connectivity index (χ4n) is 1.57. The smallest absolute Gasteiger partial charge is 0.141 e. The highest BCUT2D eigenvalue weighted by Crippen LogP contribution is 2.32. The van der Waals surface area contributed by atoms with Gasteiger partial charge in [-0.05, 0) is 58.2 Å². The summed E-state index contributed by atoms with van der Waals surface area (Å²) in [4.78, 5) is 0. The summed E-state index contributed by atoms with van der Waals surface area (Å²) in [7, 11) is 0. The highest BCUT2D eigenvalue weighted by Gasteiger charge is 2.05. The Morgan fingerprint density at radius 3 is 2.61 bits per heavy atom. The Bertz CT molecular complexity index is 572. The summed E-state index contributed by atoms with van der Waals surface area (Å²) in [6.45, 7) is 2.45. The predicted octanol–water partition coefficient (Wildman–Crippen LogP) is 4.66. The topological polar surface area (TPSA) is 35.2 Å². The fourth-order valence-corrected chi connectivity index (χ4v) is 2.39. The first-order valence-corrected chi connectivity index (χ1v) is 6.70. The standard InChI is InChI=1S/C14H13BrClNO/c1-9-2-5-14(12(15)6-9)18-11-4-3-10(8-17)13(16)7-11/h2-7H,8,17H2,1H3. The molecule has 0 spiro atoms. The van der Waals surface area contributed by atoms with E-state index in [1.165, 1.54) is 5.56 Å².